The standard InChI is InChI=1S/C18H16.C14H10/c1-3-7-15-13(5-1)9-11-18-16-8-4-2-6-14(16)10-12-17(15)18;1-3-7-13-11(5-1)9-10-12-6-2-4-8-14(12)13/h1,3,5,7,9-12H,2,4,6,8H2;1-10H. The Kier molecular flexibility index (Phi) is 4.85. The Bertz CT molecular complexity index is 1520. The maximum Gasteiger partial charge on any atom is -0.0102 e. The molecule has 0 heterocycles. The van der Waals surface area contributed by atoms with Crippen molar-refractivity contribution < 1.29 is 0 Å². The van der Waals surface area contributed by atoms with Gasteiger partial charge in [0.25, 0.3) is 0 Å². The molecule has 0 heteroatoms. The fourth-order valence-electron chi connectivity index (χ4n) is 5.30. The Morgan fingerprint density at radius 1 is 0.344 bits per heavy atom. The average Bonchev–Trinajstić information content (AvgIpc) is 2.88. The maximum absolute atomic E-state index is 2.35. The van der Waals surface area contributed by atoms with Gasteiger partial charge >= 0.3 is 0 Å². The third-order valence-corrected chi connectivity index (χ3v) is 6.91. The zero-order valence-electron chi connectivity index (χ0n) is 18.2. The Labute approximate surface area is 189 Å². The van der Waals surface area contributed by atoms with Crippen LogP contribution >= 0.6 is 0 Å². The molecule has 1 aliphatic rings. The van der Waals surface area contributed by atoms with Crippen LogP contribution in [0.5, 0.6) is 0 Å². The molecule has 7 rings (SSSR count). The van der Waals surface area contributed by atoms with Crippen LogP contribution < -0.4 is 0 Å². The lowest BCUT2D eigenvalue weighted by Crippen LogP contribution is -2.02. The van der Waals surface area contributed by atoms with Crippen molar-refractivity contribution in [3.63, 3.8) is 0 Å². The van der Waals surface area contributed by atoms with E-state index in [4.69, 9.17) is 0 Å². The first-order valence-corrected chi connectivity index (χ1v) is 11.7. The van der Waals surface area contributed by atoms with E-state index in [1.807, 2.05) is 0 Å². The van der Waals surface area contributed by atoms with Gasteiger partial charge in [0.1, 0.15) is 0 Å². The summed E-state index contributed by atoms with van der Waals surface area (Å²) in [5.74, 6) is 0. The van der Waals surface area contributed by atoms with Crippen LogP contribution in [-0.2, 0) is 12.8 Å². The zero-order valence-corrected chi connectivity index (χ0v) is 18.2. The van der Waals surface area contributed by atoms with E-state index >= 15 is 0 Å². The molecule has 0 fully saturated rings. The van der Waals surface area contributed by atoms with Crippen molar-refractivity contribution >= 4 is 43.1 Å². The summed E-state index contributed by atoms with van der Waals surface area (Å²) < 4.78 is 0. The first kappa shape index (κ1) is 19.1. The number of aryl methyl sites for hydroxylation is 2. The number of fused-ring (bicyclic) bond motifs is 8. The smallest absolute Gasteiger partial charge is 0.0102 e. The van der Waals surface area contributed by atoms with Crippen LogP contribution in [0, 0.1) is 0 Å². The molecule has 0 N–H and O–H groups in total. The van der Waals surface area contributed by atoms with Crippen LogP contribution in [0.15, 0.2) is 109 Å². The Hall–Kier alpha value is -3.64. The fraction of sp³-hybridized carbons (Fsp3) is 0.125. The van der Waals surface area contributed by atoms with E-state index < -0.39 is 0 Å². The van der Waals surface area contributed by atoms with Crippen LogP contribution in [0.3, 0.4) is 0 Å². The van der Waals surface area contributed by atoms with Gasteiger partial charge < -0.3 is 0 Å². The molecule has 32 heavy (non-hydrogen) atoms. The van der Waals surface area contributed by atoms with Gasteiger partial charge in [-0.25, -0.2) is 0 Å². The Morgan fingerprint density at radius 3 is 1.44 bits per heavy atom. The monoisotopic (exact) mass is 410 g/mol. The molecule has 154 valence electrons. The van der Waals surface area contributed by atoms with Crippen LogP contribution in [0.2, 0.25) is 0 Å². The van der Waals surface area contributed by atoms with E-state index in [-0.39, 0.29) is 0 Å². The minimum Gasteiger partial charge on any atom is -0.0616 e. The first-order valence-electron chi connectivity index (χ1n) is 11.7. The van der Waals surface area contributed by atoms with Crippen molar-refractivity contribution in [3.05, 3.63) is 120 Å². The van der Waals surface area contributed by atoms with Gasteiger partial charge in [-0.3, -0.25) is 0 Å². The topological polar surface area (TPSA) is 0 Å². The van der Waals surface area contributed by atoms with Crippen LogP contribution in [0.25, 0.3) is 43.1 Å². The molecule has 0 atom stereocenters. The maximum atomic E-state index is 2.35. The molecule has 6 aromatic rings. The lowest BCUT2D eigenvalue weighted by Gasteiger charge is -2.18. The van der Waals surface area contributed by atoms with Gasteiger partial charge in [0.05, 0.1) is 0 Å². The minimum absolute atomic E-state index is 1.25. The molecule has 0 aliphatic heterocycles. The van der Waals surface area contributed by atoms with Crippen LogP contribution in [-0.4, -0.2) is 0 Å². The summed E-state index contributed by atoms with van der Waals surface area (Å²) in [6.45, 7) is 0. The summed E-state index contributed by atoms with van der Waals surface area (Å²) in [4.78, 5) is 0. The lowest BCUT2D eigenvalue weighted by molar-refractivity contribution is 0.690. The van der Waals surface area contributed by atoms with Crippen molar-refractivity contribution in [1.82, 2.24) is 0 Å². The van der Waals surface area contributed by atoms with Crippen molar-refractivity contribution in [1.29, 1.82) is 0 Å². The molecular weight excluding hydrogens is 384 g/mol. The molecule has 0 saturated carbocycles. The minimum atomic E-state index is 1.25. The molecule has 1 aliphatic carbocycles. The first-order chi connectivity index (χ1) is 15.9. The molecule has 0 saturated heterocycles. The van der Waals surface area contributed by atoms with E-state index in [9.17, 15) is 0 Å². The second-order valence-electron chi connectivity index (χ2n) is 8.80. The van der Waals surface area contributed by atoms with Gasteiger partial charge in [0.2, 0.25) is 0 Å². The number of rotatable bonds is 0. The largest absolute Gasteiger partial charge is 0.0616 e. The average molecular weight is 411 g/mol. The van der Waals surface area contributed by atoms with Crippen molar-refractivity contribution in [2.45, 2.75) is 25.7 Å². The molecule has 6 aromatic carbocycles. The van der Waals surface area contributed by atoms with Gasteiger partial charge in [-0.15, -0.1) is 0 Å². The quantitative estimate of drug-likeness (QED) is 0.219. The normalized spacial score (nSPS) is 13.1. The van der Waals surface area contributed by atoms with Gasteiger partial charge in [0.15, 0.2) is 0 Å². The van der Waals surface area contributed by atoms with Gasteiger partial charge in [0, 0.05) is 0 Å². The van der Waals surface area contributed by atoms with Crippen molar-refractivity contribution in [2.24, 2.45) is 0 Å². The van der Waals surface area contributed by atoms with E-state index in [1.165, 1.54) is 68.8 Å². The predicted molar refractivity (Wildman–Crippen MR) is 140 cm³/mol. The SMILES string of the molecule is c1ccc2c(c1)ccc1c3c(ccc12)CCCC3.c1ccc2c(c1)ccc1ccccc12. The molecule has 0 bridgehead atoms. The van der Waals surface area contributed by atoms with Crippen molar-refractivity contribution in [2.75, 3.05) is 0 Å². The van der Waals surface area contributed by atoms with Crippen LogP contribution in [0.4, 0.5) is 0 Å². The van der Waals surface area contributed by atoms with Gasteiger partial charge in [-0.2, -0.15) is 0 Å². The number of benzene rings is 6. The molecule has 0 spiro atoms. The molecule has 0 radical (unpaired) electrons. The highest BCUT2D eigenvalue weighted by Gasteiger charge is 2.13. The van der Waals surface area contributed by atoms with E-state index in [0.717, 1.165) is 0 Å². The molecule has 0 nitrogen and oxygen atoms in total. The highest BCUT2D eigenvalue weighted by Crippen LogP contribution is 2.33. The number of hydrogen-bond acceptors (Lipinski definition) is 0. The summed E-state index contributed by atoms with van der Waals surface area (Å²) in [6.07, 6.45) is 5.22. The van der Waals surface area contributed by atoms with E-state index in [2.05, 4.69) is 109 Å². The molecule has 0 unspecified atom stereocenters. The third-order valence-electron chi connectivity index (χ3n) is 6.91. The Morgan fingerprint density at radius 2 is 0.812 bits per heavy atom. The van der Waals surface area contributed by atoms with Gasteiger partial charge in [-0.05, 0) is 79.9 Å². The Balaban J connectivity index is 0.000000126. The zero-order chi connectivity index (χ0) is 21.3. The molecule has 0 amide bonds. The van der Waals surface area contributed by atoms with Gasteiger partial charge in [-0.1, -0.05) is 109 Å². The summed E-state index contributed by atoms with van der Waals surface area (Å²) >= 11 is 0. The second kappa shape index (κ2) is 8.13. The molecular formula is C32H26. The molecule has 0 aromatic heterocycles. The fourth-order valence-corrected chi connectivity index (χ4v) is 5.30. The highest BCUT2D eigenvalue weighted by molar-refractivity contribution is 6.09. The predicted octanol–water partition coefficient (Wildman–Crippen LogP) is 8.86. The third kappa shape index (κ3) is 3.33. The summed E-state index contributed by atoms with van der Waals surface area (Å²) in [6, 6.07) is 39.3. The van der Waals surface area contributed by atoms with Crippen molar-refractivity contribution in [3.8, 4) is 0 Å². The summed E-state index contributed by atoms with van der Waals surface area (Å²) in [7, 11) is 0. The summed E-state index contributed by atoms with van der Waals surface area (Å²) in [5.41, 5.74) is 3.17. The lowest BCUT2D eigenvalue weighted by atomic mass is 9.86. The van der Waals surface area contributed by atoms with Crippen LogP contribution in [0.1, 0.15) is 24.0 Å². The summed E-state index contributed by atoms with van der Waals surface area (Å²) in [5, 5.41) is 10.9. The number of hydrogen-bond donors (Lipinski definition) is 0. The second-order valence-corrected chi connectivity index (χ2v) is 8.80. The highest BCUT2D eigenvalue weighted by atomic mass is 14.2. The van der Waals surface area contributed by atoms with E-state index in [1.54, 1.807) is 11.1 Å². The van der Waals surface area contributed by atoms with E-state index in [0.29, 0.717) is 0 Å².